The Morgan fingerprint density at radius 1 is 1.47 bits per heavy atom. The lowest BCUT2D eigenvalue weighted by atomic mass is 10.1. The monoisotopic (exact) mass is 260 g/mol. The molecule has 5 heteroatoms. The SMILES string of the molecule is Cc1oc(C(=O)O)cc1CNC(C)c1ccncc1. The number of hydrogen-bond donors (Lipinski definition) is 2. The van der Waals surface area contributed by atoms with Gasteiger partial charge in [-0.3, -0.25) is 4.98 Å². The molecule has 0 aliphatic heterocycles. The van der Waals surface area contributed by atoms with Crippen molar-refractivity contribution >= 4 is 5.97 Å². The van der Waals surface area contributed by atoms with Crippen LogP contribution in [0.4, 0.5) is 0 Å². The topological polar surface area (TPSA) is 75.4 Å². The van der Waals surface area contributed by atoms with E-state index in [-0.39, 0.29) is 11.8 Å². The third-order valence-electron chi connectivity index (χ3n) is 3.04. The number of carbonyl (C=O) groups is 1. The molecule has 0 aliphatic carbocycles. The molecule has 2 N–H and O–H groups in total. The van der Waals surface area contributed by atoms with Crippen LogP contribution in [0.5, 0.6) is 0 Å². The highest BCUT2D eigenvalue weighted by atomic mass is 16.4. The van der Waals surface area contributed by atoms with Crippen LogP contribution in [0.2, 0.25) is 0 Å². The minimum atomic E-state index is -1.04. The molecule has 2 heterocycles. The van der Waals surface area contributed by atoms with Gasteiger partial charge in [-0.15, -0.1) is 0 Å². The number of nitrogens with zero attached hydrogens (tertiary/aromatic N) is 1. The van der Waals surface area contributed by atoms with E-state index in [0.29, 0.717) is 12.3 Å². The second-order valence-corrected chi connectivity index (χ2v) is 4.38. The van der Waals surface area contributed by atoms with Gasteiger partial charge in [0.1, 0.15) is 5.76 Å². The minimum Gasteiger partial charge on any atom is -0.475 e. The second kappa shape index (κ2) is 5.67. The number of aryl methyl sites for hydroxylation is 1. The summed E-state index contributed by atoms with van der Waals surface area (Å²) in [6, 6.07) is 5.61. The molecule has 2 rings (SSSR count). The van der Waals surface area contributed by atoms with E-state index in [0.717, 1.165) is 11.1 Å². The molecule has 0 spiro atoms. The van der Waals surface area contributed by atoms with E-state index in [2.05, 4.69) is 10.3 Å². The van der Waals surface area contributed by atoms with E-state index in [1.54, 1.807) is 25.4 Å². The molecule has 0 aliphatic rings. The summed E-state index contributed by atoms with van der Waals surface area (Å²) in [5.74, 6) is -0.436. The van der Waals surface area contributed by atoms with Gasteiger partial charge in [0.05, 0.1) is 0 Å². The first kappa shape index (κ1) is 13.3. The Labute approximate surface area is 111 Å². The standard InChI is InChI=1S/C14H16N2O3/c1-9(11-3-5-15-6-4-11)16-8-12-7-13(14(17)18)19-10(12)2/h3-7,9,16H,8H2,1-2H3,(H,17,18). The van der Waals surface area contributed by atoms with Crippen molar-refractivity contribution in [2.75, 3.05) is 0 Å². The highest BCUT2D eigenvalue weighted by molar-refractivity contribution is 5.84. The Balaban J connectivity index is 2.01. The van der Waals surface area contributed by atoms with Gasteiger partial charge < -0.3 is 14.8 Å². The summed E-state index contributed by atoms with van der Waals surface area (Å²) in [6.45, 7) is 4.37. The Morgan fingerprint density at radius 2 is 2.16 bits per heavy atom. The lowest BCUT2D eigenvalue weighted by molar-refractivity contribution is 0.0661. The van der Waals surface area contributed by atoms with Crippen molar-refractivity contribution in [3.8, 4) is 0 Å². The smallest absolute Gasteiger partial charge is 0.371 e. The number of furan rings is 1. The fraction of sp³-hybridized carbons (Fsp3) is 0.286. The zero-order valence-electron chi connectivity index (χ0n) is 10.9. The number of carboxylic acids is 1. The van der Waals surface area contributed by atoms with Gasteiger partial charge in [-0.25, -0.2) is 4.79 Å². The molecule has 1 unspecified atom stereocenters. The highest BCUT2D eigenvalue weighted by Crippen LogP contribution is 2.17. The lowest BCUT2D eigenvalue weighted by Crippen LogP contribution is -2.18. The van der Waals surface area contributed by atoms with E-state index in [9.17, 15) is 4.79 Å². The molecule has 0 bridgehead atoms. The van der Waals surface area contributed by atoms with Crippen molar-refractivity contribution in [1.82, 2.24) is 10.3 Å². The molecule has 5 nitrogen and oxygen atoms in total. The van der Waals surface area contributed by atoms with Crippen LogP contribution in [0.15, 0.2) is 35.0 Å². The van der Waals surface area contributed by atoms with E-state index in [1.807, 2.05) is 19.1 Å². The fourth-order valence-corrected chi connectivity index (χ4v) is 1.83. The first-order chi connectivity index (χ1) is 9.08. The molecule has 0 aromatic carbocycles. The zero-order chi connectivity index (χ0) is 13.8. The van der Waals surface area contributed by atoms with Crippen LogP contribution >= 0.6 is 0 Å². The molecule has 2 aromatic heterocycles. The summed E-state index contributed by atoms with van der Waals surface area (Å²) in [4.78, 5) is 14.8. The van der Waals surface area contributed by atoms with Crippen LogP contribution in [-0.4, -0.2) is 16.1 Å². The first-order valence-corrected chi connectivity index (χ1v) is 6.04. The number of hydrogen-bond acceptors (Lipinski definition) is 4. The summed E-state index contributed by atoms with van der Waals surface area (Å²) >= 11 is 0. The van der Waals surface area contributed by atoms with Crippen LogP contribution < -0.4 is 5.32 Å². The zero-order valence-corrected chi connectivity index (χ0v) is 10.9. The van der Waals surface area contributed by atoms with Gasteiger partial charge in [0.15, 0.2) is 0 Å². The summed E-state index contributed by atoms with van der Waals surface area (Å²) in [6.07, 6.45) is 3.50. The number of pyridine rings is 1. The number of aromatic carboxylic acids is 1. The van der Waals surface area contributed by atoms with Gasteiger partial charge in [-0.05, 0) is 37.6 Å². The number of carboxylic acid groups (broad SMARTS) is 1. The Morgan fingerprint density at radius 3 is 2.74 bits per heavy atom. The molecular weight excluding hydrogens is 244 g/mol. The van der Waals surface area contributed by atoms with Crippen LogP contribution in [0.25, 0.3) is 0 Å². The molecule has 0 saturated heterocycles. The highest BCUT2D eigenvalue weighted by Gasteiger charge is 2.13. The molecule has 19 heavy (non-hydrogen) atoms. The Bertz CT molecular complexity index is 563. The maximum absolute atomic E-state index is 10.8. The van der Waals surface area contributed by atoms with Crippen LogP contribution in [0.3, 0.4) is 0 Å². The van der Waals surface area contributed by atoms with Crippen LogP contribution in [0.1, 0.15) is 40.4 Å². The van der Waals surface area contributed by atoms with E-state index < -0.39 is 5.97 Å². The Kier molecular flexibility index (Phi) is 3.97. The molecule has 0 fully saturated rings. The van der Waals surface area contributed by atoms with E-state index in [1.165, 1.54) is 0 Å². The molecule has 1 atom stereocenters. The summed E-state index contributed by atoms with van der Waals surface area (Å²) in [5, 5.41) is 12.2. The molecule has 0 saturated carbocycles. The van der Waals surface area contributed by atoms with Gasteiger partial charge in [-0.2, -0.15) is 0 Å². The predicted molar refractivity (Wildman–Crippen MR) is 69.9 cm³/mol. The van der Waals surface area contributed by atoms with Crippen LogP contribution in [0, 0.1) is 6.92 Å². The predicted octanol–water partition coefficient (Wildman–Crippen LogP) is 2.53. The number of aromatic nitrogens is 1. The summed E-state index contributed by atoms with van der Waals surface area (Å²) < 4.78 is 5.16. The first-order valence-electron chi connectivity index (χ1n) is 6.04. The number of rotatable bonds is 5. The third kappa shape index (κ3) is 3.20. The lowest BCUT2D eigenvalue weighted by Gasteiger charge is -2.13. The van der Waals surface area contributed by atoms with Crippen molar-refractivity contribution in [2.45, 2.75) is 26.4 Å². The van der Waals surface area contributed by atoms with Crippen molar-refractivity contribution < 1.29 is 14.3 Å². The van der Waals surface area contributed by atoms with Gasteiger partial charge in [0, 0.05) is 30.5 Å². The molecule has 0 radical (unpaired) electrons. The quantitative estimate of drug-likeness (QED) is 0.864. The normalized spacial score (nSPS) is 12.3. The van der Waals surface area contributed by atoms with Crippen molar-refractivity contribution in [2.24, 2.45) is 0 Å². The maximum atomic E-state index is 10.8. The van der Waals surface area contributed by atoms with E-state index in [4.69, 9.17) is 9.52 Å². The molecule has 100 valence electrons. The van der Waals surface area contributed by atoms with Crippen molar-refractivity contribution in [3.05, 3.63) is 53.2 Å². The Hall–Kier alpha value is -2.14. The van der Waals surface area contributed by atoms with Crippen LogP contribution in [-0.2, 0) is 6.54 Å². The van der Waals surface area contributed by atoms with Gasteiger partial charge in [0.2, 0.25) is 5.76 Å². The number of nitrogens with one attached hydrogen (secondary N) is 1. The van der Waals surface area contributed by atoms with Gasteiger partial charge >= 0.3 is 5.97 Å². The van der Waals surface area contributed by atoms with E-state index >= 15 is 0 Å². The van der Waals surface area contributed by atoms with Gasteiger partial charge in [-0.1, -0.05) is 0 Å². The fourth-order valence-electron chi connectivity index (χ4n) is 1.83. The summed E-state index contributed by atoms with van der Waals surface area (Å²) in [5.41, 5.74) is 1.99. The second-order valence-electron chi connectivity index (χ2n) is 4.38. The summed E-state index contributed by atoms with van der Waals surface area (Å²) in [7, 11) is 0. The molecular formula is C14H16N2O3. The molecule has 2 aromatic rings. The largest absolute Gasteiger partial charge is 0.475 e. The van der Waals surface area contributed by atoms with Crippen molar-refractivity contribution in [3.63, 3.8) is 0 Å². The molecule has 0 amide bonds. The third-order valence-corrected chi connectivity index (χ3v) is 3.04. The average Bonchev–Trinajstić information content (AvgIpc) is 2.79. The van der Waals surface area contributed by atoms with Crippen molar-refractivity contribution in [1.29, 1.82) is 0 Å². The minimum absolute atomic E-state index is 0.0223. The van der Waals surface area contributed by atoms with Gasteiger partial charge in [0.25, 0.3) is 0 Å². The maximum Gasteiger partial charge on any atom is 0.371 e. The average molecular weight is 260 g/mol.